The molecule has 0 amide bonds. The van der Waals surface area contributed by atoms with Crippen molar-refractivity contribution in [2.45, 2.75) is 9.79 Å². The summed E-state index contributed by atoms with van der Waals surface area (Å²) in [6.07, 6.45) is 0. The molecule has 5 rings (SSSR count). The van der Waals surface area contributed by atoms with Crippen LogP contribution in [0.15, 0.2) is 43.3 Å². The van der Waals surface area contributed by atoms with E-state index >= 15 is 0 Å². The van der Waals surface area contributed by atoms with Crippen LogP contribution in [-0.2, 0) is 20.2 Å². The summed E-state index contributed by atoms with van der Waals surface area (Å²) in [6.45, 7) is 0.00525. The largest absolute Gasteiger partial charge is 0.491 e. The number of anilines is 2. The van der Waals surface area contributed by atoms with Gasteiger partial charge in [0.25, 0.3) is 0 Å². The molecular weight excluding hydrogens is 577 g/mol. The second-order valence-electron chi connectivity index (χ2n) is 7.55. The van der Waals surface area contributed by atoms with Crippen LogP contribution in [0.25, 0.3) is 22.6 Å². The van der Waals surface area contributed by atoms with E-state index in [9.17, 15) is 30.7 Å². The number of ether oxygens (including phenoxy) is 2. The number of hydrogen-bond donors (Lipinski definition) is 4. The number of aromatic nitrogens is 1. The predicted octanol–water partition coefficient (Wildman–Crippen LogP) is 3.28. The van der Waals surface area contributed by atoms with Gasteiger partial charge in [-0.15, -0.1) is 0 Å². The van der Waals surface area contributed by atoms with Gasteiger partial charge < -0.3 is 24.9 Å². The molecule has 1 aliphatic carbocycles. The molecule has 2 aromatic carbocycles. The van der Waals surface area contributed by atoms with Crippen LogP contribution in [0.1, 0.15) is 0 Å². The van der Waals surface area contributed by atoms with Crippen LogP contribution in [0, 0.1) is 0 Å². The third-order valence-corrected chi connectivity index (χ3v) is 7.71. The number of halogens is 2. The van der Waals surface area contributed by atoms with Crippen molar-refractivity contribution in [3.8, 4) is 28.7 Å². The summed E-state index contributed by atoms with van der Waals surface area (Å²) in [4.78, 5) is 14.6. The number of nitrogens with zero attached hydrogens (tertiary/aromatic N) is 1. The molecule has 13 nitrogen and oxygen atoms in total. The van der Waals surface area contributed by atoms with Gasteiger partial charge in [0.15, 0.2) is 32.6 Å². The summed E-state index contributed by atoms with van der Waals surface area (Å²) in [5.41, 5.74) is 3.79. The molecule has 194 valence electrons. The summed E-state index contributed by atoms with van der Waals surface area (Å²) in [6, 6.07) is 4.64. The molecule has 3 aliphatic rings. The van der Waals surface area contributed by atoms with E-state index in [1.165, 1.54) is 12.1 Å². The second kappa shape index (κ2) is 8.70. The molecule has 0 saturated carbocycles. The summed E-state index contributed by atoms with van der Waals surface area (Å²) in [7, 11) is -9.88. The highest BCUT2D eigenvalue weighted by molar-refractivity contribution is 7.86. The van der Waals surface area contributed by atoms with E-state index in [1.54, 1.807) is 0 Å². The second-order valence-corrected chi connectivity index (χ2v) is 11.0. The molecule has 0 fully saturated rings. The van der Waals surface area contributed by atoms with E-state index in [0.29, 0.717) is 0 Å². The molecule has 17 heteroatoms. The van der Waals surface area contributed by atoms with Gasteiger partial charge in [-0.2, -0.15) is 16.8 Å². The lowest BCUT2D eigenvalue weighted by atomic mass is 10.1. The summed E-state index contributed by atoms with van der Waals surface area (Å²) in [5, 5.41) is 2.35. The average molecular weight is 590 g/mol. The summed E-state index contributed by atoms with van der Waals surface area (Å²) in [5.74, 6) is -1.35. The normalized spacial score (nSPS) is 13.1. The van der Waals surface area contributed by atoms with Gasteiger partial charge in [0.05, 0.1) is 5.69 Å². The molecule has 0 aromatic heterocycles. The van der Waals surface area contributed by atoms with Crippen molar-refractivity contribution < 1.29 is 39.8 Å². The topological polar surface area (TPSA) is 208 Å². The molecule has 37 heavy (non-hydrogen) atoms. The minimum atomic E-state index is -5.00. The first-order valence-electron chi connectivity index (χ1n) is 10.0. The number of hydrogen-bond acceptors (Lipinski definition) is 11. The Morgan fingerprint density at radius 1 is 1.00 bits per heavy atom. The van der Waals surface area contributed by atoms with Gasteiger partial charge in [-0.05, 0) is 24.3 Å². The third kappa shape index (κ3) is 4.14. The number of nitrogens with two attached hydrogens (primary N) is 1. The highest BCUT2D eigenvalue weighted by Gasteiger charge is 2.35. The summed E-state index contributed by atoms with van der Waals surface area (Å²) < 4.78 is 84.2. The first kappa shape index (κ1) is 25.5. The maximum atomic E-state index is 12.2. The van der Waals surface area contributed by atoms with Crippen molar-refractivity contribution in [1.82, 2.24) is 4.98 Å². The Bertz CT molecular complexity index is 1870. The molecule has 0 atom stereocenters. The minimum Gasteiger partial charge on any atom is -0.491 e. The van der Waals surface area contributed by atoms with Crippen LogP contribution in [0.3, 0.4) is 0 Å². The number of nitrogens with one attached hydrogen (secondary N) is 1. The Kier molecular flexibility index (Phi) is 5.99. The molecule has 2 aliphatic heterocycles. The zero-order chi connectivity index (χ0) is 26.9. The van der Waals surface area contributed by atoms with Crippen LogP contribution in [0.5, 0.6) is 17.2 Å². The van der Waals surface area contributed by atoms with Gasteiger partial charge in [-0.25, -0.2) is 4.98 Å². The standard InChI is InChI=1S/C20H13Cl2N3O10S2/c21-11-14-18(35-16-8(25-14)2-4-10(33-6-5-23)20(16)37(30,31)32)12(22)13-17(11)34-15-7(24-13)1-3-9(26)19(15)36(27,28)29/h1-4,25H,5-6,23H2,(H,27,28,29)(H,30,31,32). The van der Waals surface area contributed by atoms with Crippen molar-refractivity contribution in [1.29, 1.82) is 0 Å². The Morgan fingerprint density at radius 3 is 2.35 bits per heavy atom. The maximum Gasteiger partial charge on any atom is 0.302 e. The fraction of sp³-hybridized carbons (Fsp3) is 0.100. The smallest absolute Gasteiger partial charge is 0.302 e. The minimum absolute atomic E-state index is 0.0276. The van der Waals surface area contributed by atoms with E-state index < -0.39 is 41.2 Å². The van der Waals surface area contributed by atoms with Crippen LogP contribution in [0.2, 0.25) is 10.0 Å². The van der Waals surface area contributed by atoms with Gasteiger partial charge >= 0.3 is 20.2 Å². The van der Waals surface area contributed by atoms with Gasteiger partial charge in [-0.3, -0.25) is 13.9 Å². The molecular formula is C20H13Cl2N3O10S2. The van der Waals surface area contributed by atoms with Crippen molar-refractivity contribution in [2.75, 3.05) is 18.5 Å². The lowest BCUT2D eigenvalue weighted by Crippen LogP contribution is -2.16. The fourth-order valence-corrected chi connectivity index (χ4v) is 5.72. The molecule has 0 spiro atoms. The van der Waals surface area contributed by atoms with Gasteiger partial charge in [-0.1, -0.05) is 23.2 Å². The number of fused-ring (bicyclic) bond motifs is 4. The van der Waals surface area contributed by atoms with Crippen molar-refractivity contribution in [3.63, 3.8) is 0 Å². The highest BCUT2D eigenvalue weighted by atomic mass is 35.5. The zero-order valence-corrected chi connectivity index (χ0v) is 21.1. The molecule has 0 saturated heterocycles. The zero-order valence-electron chi connectivity index (χ0n) is 18.0. The van der Waals surface area contributed by atoms with E-state index in [-0.39, 0.29) is 68.6 Å². The molecule has 0 radical (unpaired) electrons. The average Bonchev–Trinajstić information content (AvgIpc) is 2.82. The first-order chi connectivity index (χ1) is 17.3. The van der Waals surface area contributed by atoms with E-state index in [1.807, 2.05) is 0 Å². The van der Waals surface area contributed by atoms with Gasteiger partial charge in [0.1, 0.15) is 39.3 Å². The van der Waals surface area contributed by atoms with Crippen LogP contribution in [-0.4, -0.2) is 44.1 Å². The molecule has 5 N–H and O–H groups in total. The lowest BCUT2D eigenvalue weighted by molar-refractivity contribution is 0.314. The summed E-state index contributed by atoms with van der Waals surface area (Å²) >= 11 is 13.0. The van der Waals surface area contributed by atoms with Crippen LogP contribution >= 0.6 is 23.2 Å². The Hall–Kier alpha value is -3.18. The predicted molar refractivity (Wildman–Crippen MR) is 131 cm³/mol. The number of rotatable bonds is 5. The van der Waals surface area contributed by atoms with Crippen molar-refractivity contribution >= 4 is 65.9 Å². The monoisotopic (exact) mass is 589 g/mol. The fourth-order valence-electron chi connectivity index (χ4n) is 3.73. The molecule has 0 bridgehead atoms. The Labute approximate surface area is 217 Å². The molecule has 0 unspecified atom stereocenters. The maximum absolute atomic E-state index is 12.2. The number of benzene rings is 3. The van der Waals surface area contributed by atoms with E-state index in [0.717, 1.165) is 12.1 Å². The molecule has 2 aromatic rings. The van der Waals surface area contributed by atoms with E-state index in [4.69, 9.17) is 42.8 Å². The third-order valence-electron chi connectivity index (χ3n) is 5.19. The van der Waals surface area contributed by atoms with Crippen LogP contribution in [0.4, 0.5) is 11.4 Å². The SMILES string of the molecule is NCCOc1ccc2c(c1S(=O)(=O)O)Oc1c(c(Cl)c3oc4c(S(=O)(=O)O)c(=O)ccc-4nc3c1Cl)N2. The van der Waals surface area contributed by atoms with Crippen molar-refractivity contribution in [2.24, 2.45) is 5.73 Å². The Balaban J connectivity index is 1.79. The quantitative estimate of drug-likeness (QED) is 0.171. The van der Waals surface area contributed by atoms with Gasteiger partial charge in [0, 0.05) is 6.54 Å². The van der Waals surface area contributed by atoms with Gasteiger partial charge in [0.2, 0.25) is 5.43 Å². The highest BCUT2D eigenvalue weighted by Crippen LogP contribution is 2.55. The van der Waals surface area contributed by atoms with E-state index in [2.05, 4.69) is 10.3 Å². The lowest BCUT2D eigenvalue weighted by Gasteiger charge is -2.26. The Morgan fingerprint density at radius 2 is 1.70 bits per heavy atom. The molecule has 2 heterocycles. The van der Waals surface area contributed by atoms with Crippen molar-refractivity contribution in [3.05, 3.63) is 44.5 Å². The van der Waals surface area contributed by atoms with Crippen LogP contribution < -0.4 is 26.0 Å². The first-order valence-corrected chi connectivity index (χ1v) is 13.6.